The SMILES string of the molecule is CCOc1c(OCC)c2[se]c3c(OCC)c(OCC)c4[se]c5c(OCC)c(OCC)c6[se]c1c1c2c3c4c5c61. The summed E-state index contributed by atoms with van der Waals surface area (Å²) in [5, 5.41) is 8.06. The second kappa shape index (κ2) is 9.83. The third-order valence-corrected chi connectivity index (χ3v) is 14.5. The summed E-state index contributed by atoms with van der Waals surface area (Å²) >= 11 is -0.0402. The van der Waals surface area contributed by atoms with Gasteiger partial charge in [0.05, 0.1) is 0 Å². The van der Waals surface area contributed by atoms with Gasteiger partial charge >= 0.3 is 245 Å². The Labute approximate surface area is 244 Å². The summed E-state index contributed by atoms with van der Waals surface area (Å²) < 4.78 is 46.3. The molecule has 39 heavy (non-hydrogen) atoms. The van der Waals surface area contributed by atoms with Crippen LogP contribution in [-0.4, -0.2) is 83.2 Å². The third-order valence-electron chi connectivity index (χ3n) is 7.06. The van der Waals surface area contributed by atoms with Crippen molar-refractivity contribution in [2.75, 3.05) is 39.6 Å². The molecule has 0 aliphatic heterocycles. The Balaban J connectivity index is 1.85. The third kappa shape index (κ3) is 3.32. The van der Waals surface area contributed by atoms with Crippen molar-refractivity contribution in [1.82, 2.24) is 0 Å². The number of rotatable bonds is 12. The monoisotopic (exact) mass is 726 g/mol. The summed E-state index contributed by atoms with van der Waals surface area (Å²) in [4.78, 5) is 0. The molecule has 3 heterocycles. The molecular formula is C30H30O6Se3. The van der Waals surface area contributed by atoms with Crippen molar-refractivity contribution in [3.63, 3.8) is 0 Å². The van der Waals surface area contributed by atoms with Crippen molar-refractivity contribution < 1.29 is 28.4 Å². The van der Waals surface area contributed by atoms with Gasteiger partial charge in [0.1, 0.15) is 0 Å². The molecule has 204 valence electrons. The van der Waals surface area contributed by atoms with E-state index >= 15 is 0 Å². The summed E-state index contributed by atoms with van der Waals surface area (Å²) in [6, 6.07) is 0. The van der Waals surface area contributed by atoms with Gasteiger partial charge in [0, 0.05) is 0 Å². The fraction of sp³-hybridized carbons (Fsp3) is 0.400. The minimum absolute atomic E-state index is 0.0134. The van der Waals surface area contributed by atoms with Gasteiger partial charge in [-0.05, 0) is 0 Å². The number of ether oxygens (including phenoxy) is 6. The van der Waals surface area contributed by atoms with Gasteiger partial charge in [-0.2, -0.15) is 0 Å². The molecule has 0 aliphatic rings. The summed E-state index contributed by atoms with van der Waals surface area (Å²) in [7, 11) is 0. The Morgan fingerprint density at radius 1 is 0.308 bits per heavy atom. The first-order valence-electron chi connectivity index (χ1n) is 13.7. The van der Waals surface area contributed by atoms with Crippen molar-refractivity contribution in [1.29, 1.82) is 0 Å². The van der Waals surface area contributed by atoms with E-state index in [-0.39, 0.29) is 43.5 Å². The molecule has 0 bridgehead atoms. The van der Waals surface area contributed by atoms with Crippen LogP contribution in [0.5, 0.6) is 34.5 Å². The number of benzene rings is 4. The van der Waals surface area contributed by atoms with Crippen LogP contribution < -0.4 is 28.4 Å². The molecule has 0 saturated heterocycles. The van der Waals surface area contributed by atoms with Gasteiger partial charge in [0.15, 0.2) is 0 Å². The van der Waals surface area contributed by atoms with E-state index in [1.807, 2.05) is 0 Å². The molecule has 0 unspecified atom stereocenters. The van der Waals surface area contributed by atoms with E-state index in [1.54, 1.807) is 0 Å². The summed E-state index contributed by atoms with van der Waals surface area (Å²) in [6.45, 7) is 15.9. The van der Waals surface area contributed by atoms with E-state index in [0.29, 0.717) is 39.6 Å². The molecule has 3 aromatic heterocycles. The van der Waals surface area contributed by atoms with Gasteiger partial charge < -0.3 is 0 Å². The van der Waals surface area contributed by atoms with Crippen molar-refractivity contribution in [2.24, 2.45) is 0 Å². The first-order valence-corrected chi connectivity index (χ1v) is 18.8. The van der Waals surface area contributed by atoms with E-state index in [2.05, 4.69) is 41.5 Å². The maximum atomic E-state index is 6.44. The summed E-state index contributed by atoms with van der Waals surface area (Å²) in [5.41, 5.74) is 0. The van der Waals surface area contributed by atoms with Crippen LogP contribution in [0.15, 0.2) is 0 Å². The molecule has 0 fully saturated rings. The molecule has 0 saturated carbocycles. The fourth-order valence-corrected chi connectivity index (χ4v) is 14.2. The quantitative estimate of drug-likeness (QED) is 0.106. The maximum absolute atomic E-state index is 6.44. The van der Waals surface area contributed by atoms with Gasteiger partial charge in [-0.3, -0.25) is 0 Å². The van der Waals surface area contributed by atoms with Crippen molar-refractivity contribution in [3.05, 3.63) is 0 Å². The number of hydrogen-bond donors (Lipinski definition) is 0. The molecule has 0 amide bonds. The van der Waals surface area contributed by atoms with Gasteiger partial charge in [0.25, 0.3) is 0 Å². The molecular weight excluding hydrogens is 693 g/mol. The molecule has 7 rings (SSSR count). The van der Waals surface area contributed by atoms with Crippen LogP contribution in [0.3, 0.4) is 0 Å². The van der Waals surface area contributed by atoms with Crippen LogP contribution in [0, 0.1) is 0 Å². The Morgan fingerprint density at radius 3 is 0.590 bits per heavy atom. The first kappa shape index (κ1) is 26.0. The van der Waals surface area contributed by atoms with Crippen molar-refractivity contribution >= 4 is 101 Å². The van der Waals surface area contributed by atoms with Gasteiger partial charge in [-0.15, -0.1) is 0 Å². The number of hydrogen-bond acceptors (Lipinski definition) is 6. The molecule has 0 atom stereocenters. The Kier molecular flexibility index (Phi) is 6.54. The predicted octanol–water partition coefficient (Wildman–Crippen LogP) is 6.48. The summed E-state index contributed by atoms with van der Waals surface area (Å²) in [6.07, 6.45) is 0. The van der Waals surface area contributed by atoms with Crippen LogP contribution in [0.25, 0.3) is 57.9 Å². The average molecular weight is 723 g/mol. The Morgan fingerprint density at radius 2 is 0.462 bits per heavy atom. The van der Waals surface area contributed by atoms with Crippen LogP contribution >= 0.6 is 0 Å². The van der Waals surface area contributed by atoms with E-state index in [0.717, 1.165) is 34.5 Å². The fourth-order valence-electron chi connectivity index (χ4n) is 5.96. The molecule has 6 nitrogen and oxygen atoms in total. The van der Waals surface area contributed by atoms with E-state index in [9.17, 15) is 0 Å². The molecule has 9 heteroatoms. The summed E-state index contributed by atoms with van der Waals surface area (Å²) in [5.74, 6) is 5.52. The average Bonchev–Trinajstić information content (AvgIpc) is 3.62. The van der Waals surface area contributed by atoms with Crippen LogP contribution in [-0.2, 0) is 0 Å². The first-order chi connectivity index (χ1) is 19.1. The topological polar surface area (TPSA) is 55.4 Å². The van der Waals surface area contributed by atoms with E-state index < -0.39 is 0 Å². The molecule has 0 aliphatic carbocycles. The van der Waals surface area contributed by atoms with Crippen molar-refractivity contribution in [3.8, 4) is 34.5 Å². The van der Waals surface area contributed by atoms with Gasteiger partial charge in [0.2, 0.25) is 0 Å². The zero-order valence-electron chi connectivity index (χ0n) is 22.9. The Hall–Kier alpha value is -1.98. The predicted molar refractivity (Wildman–Crippen MR) is 163 cm³/mol. The van der Waals surface area contributed by atoms with Crippen LogP contribution in [0.4, 0.5) is 0 Å². The molecule has 4 aromatic carbocycles. The second-order valence-corrected chi connectivity index (χ2v) is 15.5. The van der Waals surface area contributed by atoms with E-state index in [4.69, 9.17) is 28.4 Å². The molecule has 0 spiro atoms. The zero-order valence-corrected chi connectivity index (χ0v) is 28.1. The molecule has 0 N–H and O–H groups in total. The molecule has 0 radical (unpaired) electrons. The van der Waals surface area contributed by atoms with Gasteiger partial charge in [-0.1, -0.05) is 0 Å². The van der Waals surface area contributed by atoms with Crippen molar-refractivity contribution in [2.45, 2.75) is 41.5 Å². The second-order valence-electron chi connectivity index (χ2n) is 9.10. The van der Waals surface area contributed by atoms with Crippen LogP contribution in [0.1, 0.15) is 41.5 Å². The van der Waals surface area contributed by atoms with Gasteiger partial charge in [-0.25, -0.2) is 0 Å². The minimum atomic E-state index is -0.0134. The normalized spacial score (nSPS) is 12.5. The standard InChI is InChI=1S/C30H30O6Se3/c1-7-31-19-20(32-8-2)26-14-13-15-17-18-16(14)28(38-26)23(35-11-5)24(36-12-6)30(18)39-29(17)22(34-10-4)21(33-9-3)27(15)37-25(13)19/h7-12H2,1-6H3. The Bertz CT molecular complexity index is 1560. The van der Waals surface area contributed by atoms with Crippen LogP contribution in [0.2, 0.25) is 0 Å². The molecule has 7 aromatic rings. The van der Waals surface area contributed by atoms with E-state index in [1.165, 1.54) is 57.9 Å². The zero-order chi connectivity index (χ0) is 27.0.